The van der Waals surface area contributed by atoms with Gasteiger partial charge in [-0.1, -0.05) is 0 Å². The van der Waals surface area contributed by atoms with E-state index in [1.165, 1.54) is 36.4 Å². The third-order valence-electron chi connectivity index (χ3n) is 6.43. The number of azo groups is 2. The molecule has 0 saturated carbocycles. The summed E-state index contributed by atoms with van der Waals surface area (Å²) in [5.74, 6) is -1.03. The van der Waals surface area contributed by atoms with Crippen molar-refractivity contribution >= 4 is 86.5 Å². The zero-order valence-electron chi connectivity index (χ0n) is 25.8. The first-order valence-electron chi connectivity index (χ1n) is 13.9. The molecule has 276 valence electrons. The van der Waals surface area contributed by atoms with Crippen LogP contribution in [0.1, 0.15) is 0 Å². The maximum Gasteiger partial charge on any atom is 0.320 e. The van der Waals surface area contributed by atoms with E-state index in [2.05, 4.69) is 46.0 Å². The Labute approximate surface area is 299 Å². The third-order valence-corrected chi connectivity index (χ3v) is 9.96. The monoisotopic (exact) mass is 807 g/mol. The van der Waals surface area contributed by atoms with Gasteiger partial charge in [-0.3, -0.25) is 18.2 Å². The Morgan fingerprint density at radius 3 is 1.08 bits per heavy atom. The molecule has 0 radical (unpaired) electrons. The number of benzene rings is 4. The molecule has 22 nitrogen and oxygen atoms in total. The molecule has 0 spiro atoms. The molecule has 0 aliphatic rings. The molecule has 0 bridgehead atoms. The molecule has 1 heterocycles. The largest absolute Gasteiger partial charge is 0.479 e. The Morgan fingerprint density at radius 1 is 0.434 bits per heavy atom. The number of aromatic hydroxyl groups is 1. The van der Waals surface area contributed by atoms with Crippen LogP contribution in [-0.2, 0) is 40.5 Å². The topological polar surface area (TPSA) is 350 Å². The molecule has 5 rings (SSSR count). The fourth-order valence-corrected chi connectivity index (χ4v) is 6.39. The summed E-state index contributed by atoms with van der Waals surface area (Å²) in [7, 11) is -18.8. The molecule has 0 aliphatic carbocycles. The lowest BCUT2D eigenvalue weighted by Gasteiger charge is -2.12. The summed E-state index contributed by atoms with van der Waals surface area (Å²) in [6.45, 7) is 0. The van der Waals surface area contributed by atoms with Crippen LogP contribution >= 0.6 is 0 Å². The standard InChI is InChI=1S/C27H21N9O13S4/c37-27-31-25(28-21-11-5-17(13-23(21)52(44,45)46)35-33-15-1-7-19(8-2-15)50(38,39)40)30-26(32-27)29-22-12-6-18(14-24(22)53(47,48)49)36-34-16-3-9-20(10-4-16)51(41,42)43/h1-14H,(H,38,39,40)(H,41,42,43)(H,44,45,46)(H,47,48,49)(H3,28,29,30,31,32,37)/b35-33+,36-34+. The summed E-state index contributed by atoms with van der Waals surface area (Å²) >= 11 is 0. The highest BCUT2D eigenvalue weighted by Crippen LogP contribution is 2.32. The second-order valence-electron chi connectivity index (χ2n) is 10.2. The van der Waals surface area contributed by atoms with Crippen LogP contribution in [0.3, 0.4) is 0 Å². The Hall–Kier alpha value is -5.87. The zero-order valence-corrected chi connectivity index (χ0v) is 29.1. The van der Waals surface area contributed by atoms with Crippen molar-refractivity contribution in [2.45, 2.75) is 19.6 Å². The SMILES string of the molecule is O=S(=O)(O)c1ccc(/N=N/c2ccc(Nc3nc(O)nc(Nc4ccc(/N=N/c5ccc(S(=O)(=O)O)cc5)cc4S(=O)(=O)O)n3)c(S(=O)(=O)O)c2)cc1. The highest BCUT2D eigenvalue weighted by Gasteiger charge is 2.21. The first kappa shape index (κ1) is 38.4. The van der Waals surface area contributed by atoms with Crippen molar-refractivity contribution in [2.75, 3.05) is 10.6 Å². The Kier molecular flexibility index (Phi) is 10.6. The Bertz CT molecular complexity index is 2540. The maximum atomic E-state index is 12.2. The van der Waals surface area contributed by atoms with Crippen LogP contribution in [-0.4, -0.2) is 71.9 Å². The molecule has 53 heavy (non-hydrogen) atoms. The first-order valence-corrected chi connectivity index (χ1v) is 19.6. The van der Waals surface area contributed by atoms with E-state index < -0.39 is 78.0 Å². The molecular weight excluding hydrogens is 787 g/mol. The number of hydrogen-bond donors (Lipinski definition) is 7. The average molecular weight is 808 g/mol. The summed E-state index contributed by atoms with van der Waals surface area (Å²) in [6.07, 6.45) is 0. The van der Waals surface area contributed by atoms with Crippen LogP contribution in [0, 0.1) is 0 Å². The molecule has 0 saturated heterocycles. The molecule has 26 heteroatoms. The molecule has 0 aliphatic heterocycles. The van der Waals surface area contributed by atoms with Crippen molar-refractivity contribution in [2.24, 2.45) is 20.5 Å². The second kappa shape index (κ2) is 14.6. The minimum Gasteiger partial charge on any atom is -0.479 e. The van der Waals surface area contributed by atoms with Gasteiger partial charge in [-0.25, -0.2) is 0 Å². The molecule has 5 aromatic rings. The highest BCUT2D eigenvalue weighted by atomic mass is 32.2. The lowest BCUT2D eigenvalue weighted by Crippen LogP contribution is -2.08. The van der Waals surface area contributed by atoms with Crippen LogP contribution < -0.4 is 10.6 Å². The molecule has 7 N–H and O–H groups in total. The van der Waals surface area contributed by atoms with Gasteiger partial charge in [0.2, 0.25) is 11.9 Å². The smallest absolute Gasteiger partial charge is 0.320 e. The number of aromatic nitrogens is 3. The van der Waals surface area contributed by atoms with Crippen molar-refractivity contribution in [1.82, 2.24) is 15.0 Å². The van der Waals surface area contributed by atoms with E-state index in [0.717, 1.165) is 48.5 Å². The lowest BCUT2D eigenvalue weighted by atomic mass is 10.3. The molecular formula is C27H21N9O13S4. The predicted octanol–water partition coefficient (Wildman–Crippen LogP) is 4.88. The Morgan fingerprint density at radius 2 is 0.755 bits per heavy atom. The minimum atomic E-state index is -4.96. The van der Waals surface area contributed by atoms with Crippen LogP contribution in [0.15, 0.2) is 125 Å². The normalized spacial score (nSPS) is 12.7. The first-order chi connectivity index (χ1) is 24.6. The summed E-state index contributed by atoms with van der Waals surface area (Å²) in [5, 5.41) is 30.5. The number of nitrogens with zero attached hydrogens (tertiary/aromatic N) is 7. The van der Waals surface area contributed by atoms with E-state index in [1.807, 2.05) is 0 Å². The van der Waals surface area contributed by atoms with Gasteiger partial charge in [0.25, 0.3) is 40.5 Å². The molecule has 0 fully saturated rings. The van der Waals surface area contributed by atoms with Gasteiger partial charge < -0.3 is 15.7 Å². The fourth-order valence-electron chi connectivity index (χ4n) is 4.10. The van der Waals surface area contributed by atoms with E-state index in [-0.39, 0.29) is 34.1 Å². The van der Waals surface area contributed by atoms with Gasteiger partial charge in [0.05, 0.1) is 43.9 Å². The second-order valence-corrected chi connectivity index (χ2v) is 15.8. The highest BCUT2D eigenvalue weighted by molar-refractivity contribution is 7.86. The molecule has 0 unspecified atom stereocenters. The number of anilines is 4. The lowest BCUT2D eigenvalue weighted by molar-refractivity contribution is 0.430. The van der Waals surface area contributed by atoms with Crippen molar-refractivity contribution in [3.05, 3.63) is 84.9 Å². The van der Waals surface area contributed by atoms with Crippen molar-refractivity contribution in [3.8, 4) is 6.01 Å². The summed E-state index contributed by atoms with van der Waals surface area (Å²) in [5.41, 5.74) is -0.618. The van der Waals surface area contributed by atoms with Crippen molar-refractivity contribution in [1.29, 1.82) is 0 Å². The van der Waals surface area contributed by atoms with Gasteiger partial charge in [0.15, 0.2) is 0 Å². The van der Waals surface area contributed by atoms with Crippen LogP contribution in [0.5, 0.6) is 6.01 Å². The van der Waals surface area contributed by atoms with Gasteiger partial charge in [-0.15, -0.1) is 0 Å². The van der Waals surface area contributed by atoms with E-state index in [1.54, 1.807) is 0 Å². The number of hydrogen-bond acceptors (Lipinski definition) is 18. The average Bonchev–Trinajstić information content (AvgIpc) is 3.05. The number of rotatable bonds is 12. The van der Waals surface area contributed by atoms with Crippen molar-refractivity contribution in [3.63, 3.8) is 0 Å². The van der Waals surface area contributed by atoms with Gasteiger partial charge in [-0.2, -0.15) is 69.1 Å². The van der Waals surface area contributed by atoms with Gasteiger partial charge in [0.1, 0.15) is 9.79 Å². The molecule has 4 aromatic carbocycles. The third kappa shape index (κ3) is 10.1. The quantitative estimate of drug-likeness (QED) is 0.0652. The van der Waals surface area contributed by atoms with Crippen LogP contribution in [0.2, 0.25) is 0 Å². The van der Waals surface area contributed by atoms with Crippen LogP contribution in [0.25, 0.3) is 0 Å². The fraction of sp³-hybridized carbons (Fsp3) is 0. The number of nitrogens with one attached hydrogen (secondary N) is 2. The molecule has 0 atom stereocenters. The molecule has 1 aromatic heterocycles. The summed E-state index contributed by atoms with van der Waals surface area (Å²) < 4.78 is 132. The predicted molar refractivity (Wildman–Crippen MR) is 181 cm³/mol. The summed E-state index contributed by atoms with van der Waals surface area (Å²) in [6, 6.07) is 14.7. The van der Waals surface area contributed by atoms with E-state index in [0.29, 0.717) is 0 Å². The van der Waals surface area contributed by atoms with E-state index >= 15 is 0 Å². The van der Waals surface area contributed by atoms with Gasteiger partial charge in [0, 0.05) is 0 Å². The summed E-state index contributed by atoms with van der Waals surface area (Å²) in [4.78, 5) is 8.93. The van der Waals surface area contributed by atoms with E-state index in [4.69, 9.17) is 9.11 Å². The maximum absolute atomic E-state index is 12.2. The van der Waals surface area contributed by atoms with Gasteiger partial charge in [-0.05, 0) is 84.9 Å². The minimum absolute atomic E-state index is 0.0985. The van der Waals surface area contributed by atoms with E-state index in [9.17, 15) is 47.9 Å². The Balaban J connectivity index is 1.39. The van der Waals surface area contributed by atoms with Crippen molar-refractivity contribution < 1.29 is 57.0 Å². The van der Waals surface area contributed by atoms with Gasteiger partial charge >= 0.3 is 6.01 Å². The zero-order chi connectivity index (χ0) is 38.8. The van der Waals surface area contributed by atoms with Crippen LogP contribution in [0.4, 0.5) is 46.0 Å². The molecule has 0 amide bonds.